The van der Waals surface area contributed by atoms with E-state index in [2.05, 4.69) is 57.2 Å². The van der Waals surface area contributed by atoms with Gasteiger partial charge in [0.25, 0.3) is 0 Å². The van der Waals surface area contributed by atoms with Gasteiger partial charge in [-0.1, -0.05) is 0 Å². The molecule has 0 aliphatic rings. The van der Waals surface area contributed by atoms with Crippen molar-refractivity contribution in [1.82, 2.24) is 0 Å². The molecule has 1 rings (SSSR count). The highest BCUT2D eigenvalue weighted by molar-refractivity contribution is 5.10. The topological polar surface area (TPSA) is 3.88 Å². The van der Waals surface area contributed by atoms with Crippen molar-refractivity contribution in [2.75, 3.05) is 21.1 Å². The van der Waals surface area contributed by atoms with Crippen molar-refractivity contribution < 1.29 is 9.05 Å². The average Bonchev–Trinajstić information content (AvgIpc) is 2.03. The van der Waals surface area contributed by atoms with E-state index in [-0.39, 0.29) is 0 Å². The van der Waals surface area contributed by atoms with E-state index in [4.69, 9.17) is 0 Å². The fourth-order valence-corrected chi connectivity index (χ4v) is 1.24. The molecular weight excluding hydrogens is 160 g/mol. The molecule has 2 nitrogen and oxygen atoms in total. The average molecular weight is 180 g/mol. The number of aryl methyl sites for hydroxylation is 1. The largest absolute Gasteiger partial charge is 0.325 e. The van der Waals surface area contributed by atoms with Crippen molar-refractivity contribution in [3.8, 4) is 0 Å². The smallest absolute Gasteiger partial charge is 0.169 e. The van der Waals surface area contributed by atoms with Gasteiger partial charge in [0.05, 0.1) is 21.1 Å². The lowest BCUT2D eigenvalue weighted by Gasteiger charge is -2.31. The van der Waals surface area contributed by atoms with E-state index >= 15 is 0 Å². The van der Waals surface area contributed by atoms with Crippen LogP contribution in [0.15, 0.2) is 24.5 Å². The van der Waals surface area contributed by atoms with Gasteiger partial charge < -0.3 is 4.48 Å². The number of rotatable bonds is 2. The zero-order valence-corrected chi connectivity index (χ0v) is 9.28. The van der Waals surface area contributed by atoms with Gasteiger partial charge in [-0.25, -0.2) is 4.57 Å². The van der Waals surface area contributed by atoms with Crippen LogP contribution in [0, 0.1) is 0 Å². The molecular formula is C11H20N2+2. The Kier molecular flexibility index (Phi) is 2.71. The normalized spacial score (nSPS) is 14.2. The summed E-state index contributed by atoms with van der Waals surface area (Å²) < 4.78 is 3.03. The van der Waals surface area contributed by atoms with Gasteiger partial charge >= 0.3 is 0 Å². The molecule has 0 N–H and O–H groups in total. The lowest BCUT2D eigenvalue weighted by Crippen LogP contribution is -2.37. The summed E-state index contributed by atoms with van der Waals surface area (Å²) in [6.07, 6.45) is 4.20. The number of nitrogens with zero attached hydrogens (tertiary/aromatic N) is 2. The molecule has 0 aliphatic heterocycles. The summed E-state index contributed by atoms with van der Waals surface area (Å²) in [6.45, 7) is 2.26. The van der Waals surface area contributed by atoms with Crippen molar-refractivity contribution in [2.24, 2.45) is 7.05 Å². The number of pyridine rings is 1. The molecule has 72 valence electrons. The Morgan fingerprint density at radius 2 is 1.62 bits per heavy atom. The van der Waals surface area contributed by atoms with Crippen LogP contribution < -0.4 is 4.57 Å². The third-order valence-electron chi connectivity index (χ3n) is 2.65. The maximum Gasteiger partial charge on any atom is 0.169 e. The van der Waals surface area contributed by atoms with Gasteiger partial charge in [0.1, 0.15) is 13.1 Å². The molecule has 0 aliphatic carbocycles. The van der Waals surface area contributed by atoms with Crippen LogP contribution in [0.1, 0.15) is 18.5 Å². The lowest BCUT2D eigenvalue weighted by atomic mass is 10.1. The molecule has 1 heterocycles. The molecule has 2 heteroatoms. The van der Waals surface area contributed by atoms with E-state index < -0.39 is 0 Å². The van der Waals surface area contributed by atoms with Crippen LogP contribution in [0.4, 0.5) is 0 Å². The van der Waals surface area contributed by atoms with E-state index in [0.29, 0.717) is 6.04 Å². The Morgan fingerprint density at radius 1 is 1.15 bits per heavy atom. The summed E-state index contributed by atoms with van der Waals surface area (Å²) in [5.74, 6) is 0. The highest BCUT2D eigenvalue weighted by atomic mass is 15.3. The minimum atomic E-state index is 0.543. The van der Waals surface area contributed by atoms with E-state index in [1.54, 1.807) is 0 Å². The fraction of sp³-hybridized carbons (Fsp3) is 0.545. The molecule has 1 atom stereocenters. The van der Waals surface area contributed by atoms with E-state index in [9.17, 15) is 0 Å². The second kappa shape index (κ2) is 3.46. The van der Waals surface area contributed by atoms with Crippen molar-refractivity contribution >= 4 is 0 Å². The Labute approximate surface area is 81.0 Å². The molecule has 0 amide bonds. The zero-order valence-electron chi connectivity index (χ0n) is 9.28. The third kappa shape index (κ3) is 2.52. The van der Waals surface area contributed by atoms with Gasteiger partial charge in [-0.2, -0.15) is 0 Å². The summed E-state index contributed by atoms with van der Waals surface area (Å²) in [5.41, 5.74) is 1.39. The predicted octanol–water partition coefficient (Wildman–Crippen LogP) is 1.28. The molecule has 0 saturated carbocycles. The highest BCUT2D eigenvalue weighted by Gasteiger charge is 2.20. The van der Waals surface area contributed by atoms with Gasteiger partial charge in [0.2, 0.25) is 0 Å². The first-order valence-electron chi connectivity index (χ1n) is 4.67. The van der Waals surface area contributed by atoms with Crippen molar-refractivity contribution in [3.63, 3.8) is 0 Å². The monoisotopic (exact) mass is 180 g/mol. The summed E-state index contributed by atoms with van der Waals surface area (Å²) in [5, 5.41) is 0. The summed E-state index contributed by atoms with van der Waals surface area (Å²) in [6, 6.07) is 4.92. The standard InChI is InChI=1S/C11H20N2/c1-10(13(3,4)5)11-6-8-12(2)9-7-11/h6-10H,1-5H3/q+2. The SMILES string of the molecule is CC(c1cc[n+](C)cc1)[N+](C)(C)C. The Bertz CT molecular complexity index is 269. The van der Waals surface area contributed by atoms with E-state index in [0.717, 1.165) is 4.48 Å². The van der Waals surface area contributed by atoms with Gasteiger partial charge in [-0.15, -0.1) is 0 Å². The van der Waals surface area contributed by atoms with Crippen molar-refractivity contribution in [3.05, 3.63) is 30.1 Å². The predicted molar refractivity (Wildman–Crippen MR) is 54.1 cm³/mol. The number of aromatic nitrogens is 1. The first kappa shape index (κ1) is 10.2. The third-order valence-corrected chi connectivity index (χ3v) is 2.65. The molecule has 0 fully saturated rings. The van der Waals surface area contributed by atoms with Crippen LogP contribution in [0.25, 0.3) is 0 Å². The Balaban J connectivity index is 2.90. The molecule has 0 radical (unpaired) electrons. The minimum Gasteiger partial charge on any atom is -0.325 e. The number of quaternary nitrogens is 1. The molecule has 1 unspecified atom stereocenters. The molecule has 1 aromatic rings. The second-order valence-corrected chi connectivity index (χ2v) is 4.59. The van der Waals surface area contributed by atoms with Crippen LogP contribution in [0.5, 0.6) is 0 Å². The Hall–Kier alpha value is -0.890. The maximum atomic E-state index is 2.26. The fourth-order valence-electron chi connectivity index (χ4n) is 1.24. The van der Waals surface area contributed by atoms with Gasteiger partial charge in [-0.3, -0.25) is 0 Å². The van der Waals surface area contributed by atoms with Crippen LogP contribution in [0.3, 0.4) is 0 Å². The molecule has 0 aromatic carbocycles. The van der Waals surface area contributed by atoms with E-state index in [1.807, 2.05) is 7.05 Å². The highest BCUT2D eigenvalue weighted by Crippen LogP contribution is 2.20. The second-order valence-electron chi connectivity index (χ2n) is 4.59. The molecule has 0 bridgehead atoms. The zero-order chi connectivity index (χ0) is 10.1. The van der Waals surface area contributed by atoms with E-state index in [1.165, 1.54) is 5.56 Å². The molecule has 0 spiro atoms. The summed E-state index contributed by atoms with van der Waals surface area (Å²) in [7, 11) is 8.70. The molecule has 13 heavy (non-hydrogen) atoms. The summed E-state index contributed by atoms with van der Waals surface area (Å²) in [4.78, 5) is 0. The molecule has 0 saturated heterocycles. The minimum absolute atomic E-state index is 0.543. The van der Waals surface area contributed by atoms with Crippen molar-refractivity contribution in [2.45, 2.75) is 13.0 Å². The lowest BCUT2D eigenvalue weighted by molar-refractivity contribution is -0.900. The number of hydrogen-bond donors (Lipinski definition) is 0. The van der Waals surface area contributed by atoms with Gasteiger partial charge in [0.15, 0.2) is 12.4 Å². The van der Waals surface area contributed by atoms with Crippen LogP contribution >= 0.6 is 0 Å². The maximum absolute atomic E-state index is 2.26. The van der Waals surface area contributed by atoms with Crippen LogP contribution in [0.2, 0.25) is 0 Å². The molecule has 1 aromatic heterocycles. The quantitative estimate of drug-likeness (QED) is 0.477. The van der Waals surface area contributed by atoms with Gasteiger partial charge in [0, 0.05) is 17.7 Å². The van der Waals surface area contributed by atoms with Crippen molar-refractivity contribution in [1.29, 1.82) is 0 Å². The first-order valence-corrected chi connectivity index (χ1v) is 4.67. The van der Waals surface area contributed by atoms with Crippen LogP contribution in [-0.2, 0) is 7.05 Å². The number of hydrogen-bond acceptors (Lipinski definition) is 0. The first-order chi connectivity index (χ1) is 5.91. The Morgan fingerprint density at radius 3 is 2.00 bits per heavy atom. The van der Waals surface area contributed by atoms with Gasteiger partial charge in [-0.05, 0) is 6.92 Å². The van der Waals surface area contributed by atoms with Crippen LogP contribution in [-0.4, -0.2) is 25.6 Å². The summed E-state index contributed by atoms with van der Waals surface area (Å²) >= 11 is 0.